The molecule has 8 nitrogen and oxygen atoms in total. The zero-order valence-electron chi connectivity index (χ0n) is 22.3. The van der Waals surface area contributed by atoms with Crippen molar-refractivity contribution in [3.05, 3.63) is 90.0 Å². The van der Waals surface area contributed by atoms with Gasteiger partial charge in [-0.25, -0.2) is 8.42 Å². The number of aryl methyl sites for hydroxylation is 1. The zero-order valence-corrected chi connectivity index (χ0v) is 23.1. The van der Waals surface area contributed by atoms with Crippen LogP contribution in [0.15, 0.2) is 83.8 Å². The fraction of sp³-hybridized carbons (Fsp3) is 0.310. The van der Waals surface area contributed by atoms with E-state index in [1.807, 2.05) is 44.2 Å². The third-order valence-electron chi connectivity index (χ3n) is 6.16. The van der Waals surface area contributed by atoms with E-state index in [0.717, 1.165) is 21.9 Å². The van der Waals surface area contributed by atoms with Crippen molar-refractivity contribution >= 4 is 27.5 Å². The van der Waals surface area contributed by atoms with E-state index in [9.17, 15) is 18.0 Å². The van der Waals surface area contributed by atoms with Gasteiger partial charge in [-0.1, -0.05) is 55.0 Å². The molecule has 0 aliphatic rings. The first-order valence-corrected chi connectivity index (χ1v) is 14.0. The van der Waals surface area contributed by atoms with Gasteiger partial charge in [-0.2, -0.15) is 0 Å². The van der Waals surface area contributed by atoms with Gasteiger partial charge in [-0.05, 0) is 62.2 Å². The van der Waals surface area contributed by atoms with Gasteiger partial charge in [0.15, 0.2) is 0 Å². The lowest BCUT2D eigenvalue weighted by Crippen LogP contribution is -2.51. The van der Waals surface area contributed by atoms with Crippen LogP contribution in [0.4, 0.5) is 5.69 Å². The highest BCUT2D eigenvalue weighted by molar-refractivity contribution is 7.92. The van der Waals surface area contributed by atoms with E-state index < -0.39 is 28.5 Å². The molecule has 0 saturated heterocycles. The number of anilines is 1. The van der Waals surface area contributed by atoms with E-state index in [2.05, 4.69) is 5.32 Å². The maximum absolute atomic E-state index is 13.8. The molecule has 0 bridgehead atoms. The summed E-state index contributed by atoms with van der Waals surface area (Å²) in [6, 6.07) is 21.4. The van der Waals surface area contributed by atoms with Crippen molar-refractivity contribution in [1.29, 1.82) is 0 Å². The molecule has 202 valence electrons. The molecule has 0 saturated carbocycles. The Hall–Kier alpha value is -3.85. The Kier molecular flexibility index (Phi) is 9.90. The molecule has 3 aromatic rings. The molecule has 38 heavy (non-hydrogen) atoms. The Morgan fingerprint density at radius 1 is 0.947 bits per heavy atom. The highest BCUT2D eigenvalue weighted by atomic mass is 32.2. The number of rotatable bonds is 12. The van der Waals surface area contributed by atoms with Crippen LogP contribution in [0.3, 0.4) is 0 Å². The van der Waals surface area contributed by atoms with E-state index in [4.69, 9.17) is 4.74 Å². The Bertz CT molecular complexity index is 1310. The van der Waals surface area contributed by atoms with Crippen molar-refractivity contribution in [2.45, 2.75) is 44.7 Å². The maximum Gasteiger partial charge on any atom is 0.264 e. The number of amides is 2. The van der Waals surface area contributed by atoms with Crippen LogP contribution in [0.25, 0.3) is 0 Å². The number of methoxy groups -OCH3 is 1. The predicted octanol–water partition coefficient (Wildman–Crippen LogP) is 4.14. The first kappa shape index (κ1) is 28.7. The van der Waals surface area contributed by atoms with Gasteiger partial charge in [-0.3, -0.25) is 13.9 Å². The lowest BCUT2D eigenvalue weighted by molar-refractivity contribution is -0.139. The van der Waals surface area contributed by atoms with Gasteiger partial charge in [0.05, 0.1) is 17.7 Å². The Labute approximate surface area is 225 Å². The first-order chi connectivity index (χ1) is 18.2. The van der Waals surface area contributed by atoms with Crippen molar-refractivity contribution in [3.63, 3.8) is 0 Å². The molecule has 0 spiro atoms. The second-order valence-corrected chi connectivity index (χ2v) is 10.9. The lowest BCUT2D eigenvalue weighted by atomic mass is 10.1. The van der Waals surface area contributed by atoms with Crippen LogP contribution in [-0.4, -0.2) is 51.4 Å². The fourth-order valence-electron chi connectivity index (χ4n) is 3.87. The van der Waals surface area contributed by atoms with Gasteiger partial charge >= 0.3 is 0 Å². The summed E-state index contributed by atoms with van der Waals surface area (Å²) in [5, 5.41) is 2.83. The molecule has 1 N–H and O–H groups in total. The van der Waals surface area contributed by atoms with Gasteiger partial charge in [0.1, 0.15) is 18.3 Å². The van der Waals surface area contributed by atoms with E-state index in [1.165, 1.54) is 24.1 Å². The number of carbonyl (C=O) groups is 2. The third-order valence-corrected chi connectivity index (χ3v) is 7.95. The van der Waals surface area contributed by atoms with Crippen molar-refractivity contribution in [2.75, 3.05) is 24.5 Å². The molecule has 0 radical (unpaired) electrons. The minimum atomic E-state index is -4.12. The van der Waals surface area contributed by atoms with E-state index >= 15 is 0 Å². The summed E-state index contributed by atoms with van der Waals surface area (Å²) in [6.45, 7) is 5.66. The first-order valence-electron chi connectivity index (χ1n) is 12.5. The molecule has 0 aromatic heterocycles. The van der Waals surface area contributed by atoms with Crippen LogP contribution >= 0.6 is 0 Å². The number of nitrogens with one attached hydrogen (secondary N) is 1. The summed E-state index contributed by atoms with van der Waals surface area (Å²) in [4.78, 5) is 28.1. The van der Waals surface area contributed by atoms with Crippen molar-refractivity contribution in [1.82, 2.24) is 10.2 Å². The quantitative estimate of drug-likeness (QED) is 0.375. The summed E-state index contributed by atoms with van der Waals surface area (Å²) < 4.78 is 33.9. The van der Waals surface area contributed by atoms with E-state index in [1.54, 1.807) is 43.3 Å². The van der Waals surface area contributed by atoms with Crippen LogP contribution < -0.4 is 14.4 Å². The molecule has 1 unspecified atom stereocenters. The molecule has 9 heteroatoms. The smallest absolute Gasteiger partial charge is 0.264 e. The molecule has 1 atom stereocenters. The Morgan fingerprint density at radius 2 is 1.58 bits per heavy atom. The maximum atomic E-state index is 13.8. The number of hydrogen-bond donors (Lipinski definition) is 1. The van der Waals surface area contributed by atoms with Crippen molar-refractivity contribution < 1.29 is 22.7 Å². The number of ether oxygens (including phenoxy) is 1. The second kappa shape index (κ2) is 13.1. The average molecular weight is 538 g/mol. The van der Waals surface area contributed by atoms with Crippen molar-refractivity contribution in [2.24, 2.45) is 0 Å². The van der Waals surface area contributed by atoms with Crippen LogP contribution in [0.2, 0.25) is 0 Å². The summed E-state index contributed by atoms with van der Waals surface area (Å²) in [5.41, 5.74) is 2.13. The molecule has 0 heterocycles. The minimum absolute atomic E-state index is 0.0232. The summed E-state index contributed by atoms with van der Waals surface area (Å²) in [5.74, 6) is -0.274. The Morgan fingerprint density at radius 3 is 2.16 bits per heavy atom. The average Bonchev–Trinajstić information content (AvgIpc) is 2.93. The normalized spacial score (nSPS) is 11.9. The molecular formula is C29H35N3O5S. The minimum Gasteiger partial charge on any atom is -0.497 e. The van der Waals surface area contributed by atoms with Gasteiger partial charge in [0.25, 0.3) is 10.0 Å². The molecule has 0 fully saturated rings. The Balaban J connectivity index is 2.00. The van der Waals surface area contributed by atoms with Crippen LogP contribution in [0.5, 0.6) is 5.75 Å². The summed E-state index contributed by atoms with van der Waals surface area (Å²) in [6.07, 6.45) is 0.756. The zero-order chi connectivity index (χ0) is 27.7. The summed E-state index contributed by atoms with van der Waals surface area (Å²) >= 11 is 0. The largest absolute Gasteiger partial charge is 0.497 e. The number of carbonyl (C=O) groups excluding carboxylic acids is 2. The molecule has 3 aromatic carbocycles. The van der Waals surface area contributed by atoms with Gasteiger partial charge in [0.2, 0.25) is 11.8 Å². The van der Waals surface area contributed by atoms with Crippen LogP contribution in [0, 0.1) is 6.92 Å². The highest BCUT2D eigenvalue weighted by Gasteiger charge is 2.32. The highest BCUT2D eigenvalue weighted by Crippen LogP contribution is 2.26. The topological polar surface area (TPSA) is 96.0 Å². The van der Waals surface area contributed by atoms with Gasteiger partial charge < -0.3 is 15.0 Å². The summed E-state index contributed by atoms with van der Waals surface area (Å²) in [7, 11) is -2.62. The molecule has 0 aliphatic heterocycles. The van der Waals surface area contributed by atoms with E-state index in [0.29, 0.717) is 18.0 Å². The number of benzene rings is 3. The monoisotopic (exact) mass is 537 g/mol. The number of sulfonamides is 1. The van der Waals surface area contributed by atoms with Gasteiger partial charge in [-0.15, -0.1) is 0 Å². The second-order valence-electron chi connectivity index (χ2n) is 9.00. The number of nitrogens with zero attached hydrogens (tertiary/aromatic N) is 2. The standard InChI is InChI=1S/C29H35N3O5S/c1-5-19-30-29(34)23(3)31(20-24-9-7-6-8-10-24)28(33)21-32(25-13-11-22(2)12-14-25)38(35,36)27-17-15-26(37-4)16-18-27/h6-18,23H,5,19-21H2,1-4H3,(H,30,34). The molecular weight excluding hydrogens is 502 g/mol. The van der Waals surface area contributed by atoms with Crippen LogP contribution in [0.1, 0.15) is 31.4 Å². The third kappa shape index (κ3) is 7.13. The molecule has 2 amide bonds. The number of hydrogen-bond acceptors (Lipinski definition) is 5. The lowest BCUT2D eigenvalue weighted by Gasteiger charge is -2.32. The van der Waals surface area contributed by atoms with Gasteiger partial charge in [0, 0.05) is 13.1 Å². The molecule has 3 rings (SSSR count). The SMILES string of the molecule is CCCNC(=O)C(C)N(Cc1ccccc1)C(=O)CN(c1ccc(C)cc1)S(=O)(=O)c1ccc(OC)cc1. The van der Waals surface area contributed by atoms with E-state index in [-0.39, 0.29) is 17.3 Å². The fourth-order valence-corrected chi connectivity index (χ4v) is 5.29. The molecule has 0 aliphatic carbocycles. The predicted molar refractivity (Wildman–Crippen MR) is 148 cm³/mol. The van der Waals surface area contributed by atoms with Crippen molar-refractivity contribution in [3.8, 4) is 5.75 Å². The van der Waals surface area contributed by atoms with Crippen LogP contribution in [-0.2, 0) is 26.2 Å².